The zero-order valence-corrected chi connectivity index (χ0v) is 18.6. The van der Waals surface area contributed by atoms with Gasteiger partial charge in [-0.05, 0) is 44.2 Å². The summed E-state index contributed by atoms with van der Waals surface area (Å²) in [4.78, 5) is 22.9. The Kier molecular flexibility index (Phi) is 9.09. The van der Waals surface area contributed by atoms with Gasteiger partial charge >= 0.3 is 18.1 Å². The first-order chi connectivity index (χ1) is 15.0. The number of carbonyl (C=O) groups excluding carboxylic acids is 1. The van der Waals surface area contributed by atoms with E-state index in [4.69, 9.17) is 25.8 Å². The summed E-state index contributed by atoms with van der Waals surface area (Å²) >= 11 is 7.17. The van der Waals surface area contributed by atoms with Crippen molar-refractivity contribution in [2.24, 2.45) is 0 Å². The van der Waals surface area contributed by atoms with Gasteiger partial charge in [-0.25, -0.2) is 4.79 Å². The summed E-state index contributed by atoms with van der Waals surface area (Å²) in [6.07, 6.45) is -5.01. The number of thioether (sulfide) groups is 1. The van der Waals surface area contributed by atoms with Gasteiger partial charge in [0, 0.05) is 11.8 Å². The van der Waals surface area contributed by atoms with Crippen molar-refractivity contribution in [2.45, 2.75) is 26.1 Å². The van der Waals surface area contributed by atoms with Crippen LogP contribution in [-0.4, -0.2) is 41.3 Å². The van der Waals surface area contributed by atoms with Crippen molar-refractivity contribution in [3.63, 3.8) is 0 Å². The first-order valence-electron chi connectivity index (χ1n) is 9.33. The van der Waals surface area contributed by atoms with Crippen molar-refractivity contribution < 1.29 is 42.1 Å². The first kappa shape index (κ1) is 25.7. The van der Waals surface area contributed by atoms with E-state index in [1.807, 2.05) is 0 Å². The summed E-state index contributed by atoms with van der Waals surface area (Å²) in [5.74, 6) is -0.992. The van der Waals surface area contributed by atoms with Gasteiger partial charge < -0.3 is 19.3 Å². The number of hydrogen-bond donors (Lipinski definition) is 1. The number of rotatable bonds is 10. The van der Waals surface area contributed by atoms with E-state index in [2.05, 4.69) is 0 Å². The quantitative estimate of drug-likeness (QED) is 0.413. The lowest BCUT2D eigenvalue weighted by Gasteiger charge is -2.17. The molecule has 6 nitrogen and oxygen atoms in total. The highest BCUT2D eigenvalue weighted by atomic mass is 35.5. The third-order valence-corrected chi connectivity index (χ3v) is 5.32. The van der Waals surface area contributed by atoms with Crippen molar-refractivity contribution in [1.82, 2.24) is 0 Å². The average Bonchev–Trinajstić information content (AvgIpc) is 2.69. The second-order valence-corrected chi connectivity index (χ2v) is 7.89. The molecule has 1 atom stereocenters. The van der Waals surface area contributed by atoms with Crippen LogP contribution in [-0.2, 0) is 15.7 Å². The molecule has 0 heterocycles. The predicted molar refractivity (Wildman–Crippen MR) is 114 cm³/mol. The lowest BCUT2D eigenvalue weighted by atomic mass is 10.2. The monoisotopic (exact) mass is 492 g/mol. The molecule has 2 aromatic carbocycles. The molecule has 11 heteroatoms. The van der Waals surface area contributed by atoms with Crippen LogP contribution in [0.25, 0.3) is 0 Å². The zero-order valence-electron chi connectivity index (χ0n) is 17.1. The maximum absolute atomic E-state index is 12.8. The summed E-state index contributed by atoms with van der Waals surface area (Å²) in [5, 5.41) is 9.15. The second-order valence-electron chi connectivity index (χ2n) is 6.46. The van der Waals surface area contributed by atoms with E-state index in [1.165, 1.54) is 30.0 Å². The summed E-state index contributed by atoms with van der Waals surface area (Å²) in [7, 11) is 0. The minimum absolute atomic E-state index is 0.00210. The standard InChI is InChI=1S/C21H20ClF3O6S/c1-3-29-19(26)11-32-10-12(2)30-18-9-14(5-6-15(18)20(27)28)31-17-7-4-13(8-16(17)22)21(23,24)25/h4-9,12H,3,10-11H2,1-2H3,(H,27,28). The minimum atomic E-state index is -4.55. The van der Waals surface area contributed by atoms with Crippen LogP contribution in [0.4, 0.5) is 13.2 Å². The number of halogens is 4. The molecule has 0 aromatic heterocycles. The molecule has 1 N–H and O–H groups in total. The fourth-order valence-electron chi connectivity index (χ4n) is 2.49. The van der Waals surface area contributed by atoms with Gasteiger partial charge in [0.05, 0.1) is 22.9 Å². The molecule has 0 aliphatic carbocycles. The number of hydrogen-bond acceptors (Lipinski definition) is 6. The molecule has 1 unspecified atom stereocenters. The molecular weight excluding hydrogens is 473 g/mol. The van der Waals surface area contributed by atoms with Crippen LogP contribution in [0, 0.1) is 0 Å². The van der Waals surface area contributed by atoms with E-state index in [0.29, 0.717) is 5.75 Å². The van der Waals surface area contributed by atoms with Crippen LogP contribution in [0.1, 0.15) is 29.8 Å². The van der Waals surface area contributed by atoms with E-state index >= 15 is 0 Å². The van der Waals surface area contributed by atoms with Gasteiger partial charge in [0.1, 0.15) is 28.9 Å². The van der Waals surface area contributed by atoms with Gasteiger partial charge in [-0.2, -0.15) is 13.2 Å². The summed E-state index contributed by atoms with van der Waals surface area (Å²) in [6.45, 7) is 3.68. The van der Waals surface area contributed by atoms with Crippen molar-refractivity contribution >= 4 is 35.3 Å². The Bertz CT molecular complexity index is 967. The number of alkyl halides is 3. The number of esters is 1. The zero-order chi connectivity index (χ0) is 23.9. The molecule has 174 valence electrons. The number of carboxylic acid groups (broad SMARTS) is 1. The smallest absolute Gasteiger partial charge is 0.416 e. The number of ether oxygens (including phenoxy) is 3. The van der Waals surface area contributed by atoms with E-state index in [9.17, 15) is 27.9 Å². The van der Waals surface area contributed by atoms with Crippen LogP contribution in [0.2, 0.25) is 5.02 Å². The highest BCUT2D eigenvalue weighted by Gasteiger charge is 2.31. The Morgan fingerprint density at radius 1 is 1.16 bits per heavy atom. The van der Waals surface area contributed by atoms with Crippen LogP contribution < -0.4 is 9.47 Å². The van der Waals surface area contributed by atoms with Crippen LogP contribution >= 0.6 is 23.4 Å². The van der Waals surface area contributed by atoms with Gasteiger partial charge in [-0.15, -0.1) is 11.8 Å². The fourth-order valence-corrected chi connectivity index (χ4v) is 3.48. The normalized spacial score (nSPS) is 12.2. The molecule has 0 fully saturated rings. The molecule has 2 aromatic rings. The topological polar surface area (TPSA) is 82.1 Å². The molecule has 0 aliphatic rings. The minimum Gasteiger partial charge on any atom is -0.489 e. The molecule has 2 rings (SSSR count). The van der Waals surface area contributed by atoms with Gasteiger partial charge in [-0.1, -0.05) is 11.6 Å². The molecule has 0 spiro atoms. The summed E-state index contributed by atoms with van der Waals surface area (Å²) < 4.78 is 54.5. The predicted octanol–water partition coefficient (Wildman–Crippen LogP) is 5.91. The molecule has 0 saturated carbocycles. The van der Waals surface area contributed by atoms with Gasteiger partial charge in [0.25, 0.3) is 0 Å². The lowest BCUT2D eigenvalue weighted by Crippen LogP contribution is -2.18. The van der Waals surface area contributed by atoms with Gasteiger partial charge in [0.15, 0.2) is 0 Å². The molecule has 0 amide bonds. The molecular formula is C21H20ClF3O6S. The first-order valence-corrected chi connectivity index (χ1v) is 10.9. The SMILES string of the molecule is CCOC(=O)CSCC(C)Oc1cc(Oc2ccc(C(F)(F)F)cc2Cl)ccc1C(=O)O. The Morgan fingerprint density at radius 3 is 2.47 bits per heavy atom. The lowest BCUT2D eigenvalue weighted by molar-refractivity contribution is -0.140. The van der Waals surface area contributed by atoms with Crippen molar-refractivity contribution in [2.75, 3.05) is 18.1 Å². The number of aromatic carboxylic acids is 1. The van der Waals surface area contributed by atoms with Crippen LogP contribution in [0.15, 0.2) is 36.4 Å². The van der Waals surface area contributed by atoms with E-state index in [1.54, 1.807) is 13.8 Å². The van der Waals surface area contributed by atoms with Gasteiger partial charge in [-0.3, -0.25) is 4.79 Å². The maximum atomic E-state index is 12.8. The van der Waals surface area contributed by atoms with E-state index in [0.717, 1.165) is 18.2 Å². The Morgan fingerprint density at radius 2 is 1.88 bits per heavy atom. The molecule has 0 bridgehead atoms. The average molecular weight is 493 g/mol. The molecule has 0 aliphatic heterocycles. The Labute approximate surface area is 191 Å². The number of carbonyl (C=O) groups is 2. The third kappa shape index (κ3) is 7.52. The largest absolute Gasteiger partial charge is 0.489 e. The van der Waals surface area contributed by atoms with Crippen molar-refractivity contribution in [1.29, 1.82) is 0 Å². The van der Waals surface area contributed by atoms with Crippen LogP contribution in [0.3, 0.4) is 0 Å². The summed E-state index contributed by atoms with van der Waals surface area (Å²) in [5.41, 5.74) is -1.05. The maximum Gasteiger partial charge on any atom is 0.416 e. The number of benzene rings is 2. The second kappa shape index (κ2) is 11.3. The van der Waals surface area contributed by atoms with Crippen LogP contribution in [0.5, 0.6) is 17.2 Å². The van der Waals surface area contributed by atoms with Gasteiger partial charge in [0.2, 0.25) is 0 Å². The Balaban J connectivity index is 2.14. The fraction of sp³-hybridized carbons (Fsp3) is 0.333. The third-order valence-electron chi connectivity index (χ3n) is 3.88. The molecule has 0 radical (unpaired) electrons. The van der Waals surface area contributed by atoms with E-state index in [-0.39, 0.29) is 46.2 Å². The van der Waals surface area contributed by atoms with E-state index < -0.39 is 23.8 Å². The molecule has 0 saturated heterocycles. The highest BCUT2D eigenvalue weighted by molar-refractivity contribution is 7.99. The molecule has 32 heavy (non-hydrogen) atoms. The number of carboxylic acids is 1. The van der Waals surface area contributed by atoms with Crippen molar-refractivity contribution in [3.8, 4) is 17.2 Å². The Hall–Kier alpha value is -2.59. The highest BCUT2D eigenvalue weighted by Crippen LogP contribution is 2.37. The summed E-state index contributed by atoms with van der Waals surface area (Å²) in [6, 6.07) is 6.54. The van der Waals surface area contributed by atoms with Crippen molar-refractivity contribution in [3.05, 3.63) is 52.5 Å².